The van der Waals surface area contributed by atoms with Crippen molar-refractivity contribution in [2.75, 3.05) is 0 Å². The molecular weight excluding hydrogens is 146 g/mol. The number of pyridine rings is 1. The summed E-state index contributed by atoms with van der Waals surface area (Å²) in [5.41, 5.74) is 1.31. The summed E-state index contributed by atoms with van der Waals surface area (Å²) >= 11 is 0. The Hall–Kier alpha value is -1.11. The third-order valence-electron chi connectivity index (χ3n) is 1.80. The molecule has 0 saturated heterocycles. The molecule has 0 radical (unpaired) electrons. The first-order valence-electron chi connectivity index (χ1n) is 4.34. The molecule has 0 N–H and O–H groups in total. The Morgan fingerprint density at radius 1 is 1.58 bits per heavy atom. The topological polar surface area (TPSA) is 12.9 Å². The third kappa shape index (κ3) is 2.87. The van der Waals surface area contributed by atoms with E-state index in [1.807, 2.05) is 18.5 Å². The second kappa shape index (κ2) is 4.70. The van der Waals surface area contributed by atoms with Crippen LogP contribution in [0.5, 0.6) is 0 Å². The van der Waals surface area contributed by atoms with E-state index in [2.05, 4.69) is 37.0 Å². The van der Waals surface area contributed by atoms with Gasteiger partial charge in [-0.3, -0.25) is 4.98 Å². The Labute approximate surface area is 74.2 Å². The molecule has 0 aromatic carbocycles. The summed E-state index contributed by atoms with van der Waals surface area (Å²) in [6.07, 6.45) is 9.13. The van der Waals surface area contributed by atoms with Crippen LogP contribution in [-0.2, 0) is 6.42 Å². The number of aromatic nitrogens is 1. The highest BCUT2D eigenvalue weighted by Crippen LogP contribution is 2.07. The number of hydrogen-bond acceptors (Lipinski definition) is 1. The molecule has 0 aliphatic carbocycles. The normalized spacial score (nSPS) is 13.5. The van der Waals surface area contributed by atoms with Gasteiger partial charge in [0.1, 0.15) is 0 Å². The molecule has 1 aromatic rings. The van der Waals surface area contributed by atoms with E-state index < -0.39 is 0 Å². The summed E-state index contributed by atoms with van der Waals surface area (Å²) in [5.74, 6) is 0.610. The first kappa shape index (κ1) is 8.98. The maximum Gasteiger partial charge on any atom is 0.0300 e. The molecule has 1 unspecified atom stereocenters. The monoisotopic (exact) mass is 161 g/mol. The van der Waals surface area contributed by atoms with Gasteiger partial charge in [0.25, 0.3) is 0 Å². The van der Waals surface area contributed by atoms with Gasteiger partial charge in [-0.15, -0.1) is 0 Å². The van der Waals surface area contributed by atoms with Crippen molar-refractivity contribution in [3.05, 3.63) is 42.2 Å². The molecule has 0 fully saturated rings. The summed E-state index contributed by atoms with van der Waals surface area (Å²) in [6, 6.07) is 4.10. The quantitative estimate of drug-likeness (QED) is 0.621. The lowest BCUT2D eigenvalue weighted by Gasteiger charge is -2.04. The van der Waals surface area contributed by atoms with Gasteiger partial charge in [0, 0.05) is 12.4 Å². The maximum atomic E-state index is 4.07. The van der Waals surface area contributed by atoms with Crippen LogP contribution in [0.3, 0.4) is 0 Å². The molecule has 1 aromatic heterocycles. The van der Waals surface area contributed by atoms with Crippen molar-refractivity contribution in [1.29, 1.82) is 0 Å². The van der Waals surface area contributed by atoms with Crippen LogP contribution >= 0.6 is 0 Å². The second-order valence-electron chi connectivity index (χ2n) is 3.07. The van der Waals surface area contributed by atoms with Gasteiger partial charge < -0.3 is 0 Å². The lowest BCUT2D eigenvalue weighted by atomic mass is 10.0. The summed E-state index contributed by atoms with van der Waals surface area (Å²) in [5, 5.41) is 0. The molecule has 0 bridgehead atoms. The molecule has 1 heteroatoms. The van der Waals surface area contributed by atoms with Crippen LogP contribution in [0, 0.1) is 5.92 Å². The Balaban J connectivity index is 2.52. The minimum atomic E-state index is 0.610. The fourth-order valence-corrected chi connectivity index (χ4v) is 1.29. The highest BCUT2D eigenvalue weighted by atomic mass is 14.6. The molecular formula is C11H15N. The Morgan fingerprint density at radius 3 is 3.00 bits per heavy atom. The number of nitrogens with zero attached hydrogens (tertiary/aromatic N) is 1. The fraction of sp³-hybridized carbons (Fsp3) is 0.364. The van der Waals surface area contributed by atoms with Crippen LogP contribution in [0.25, 0.3) is 0 Å². The highest BCUT2D eigenvalue weighted by molar-refractivity contribution is 5.10. The molecule has 64 valence electrons. The minimum Gasteiger partial charge on any atom is -0.264 e. The van der Waals surface area contributed by atoms with Crippen LogP contribution in [0.2, 0.25) is 0 Å². The molecule has 1 atom stereocenters. The second-order valence-corrected chi connectivity index (χ2v) is 3.07. The third-order valence-corrected chi connectivity index (χ3v) is 1.80. The van der Waals surface area contributed by atoms with Gasteiger partial charge in [0.05, 0.1) is 0 Å². The predicted octanol–water partition coefficient (Wildman–Crippen LogP) is 2.84. The van der Waals surface area contributed by atoms with Crippen molar-refractivity contribution in [3.63, 3.8) is 0 Å². The van der Waals surface area contributed by atoms with E-state index >= 15 is 0 Å². The van der Waals surface area contributed by atoms with E-state index in [1.54, 1.807) is 0 Å². The van der Waals surface area contributed by atoms with Crippen LogP contribution in [0.1, 0.15) is 19.4 Å². The van der Waals surface area contributed by atoms with Crippen molar-refractivity contribution in [3.8, 4) is 0 Å². The molecule has 1 rings (SSSR count). The first-order valence-corrected chi connectivity index (χ1v) is 4.34. The Morgan fingerprint density at radius 2 is 2.42 bits per heavy atom. The molecule has 0 amide bonds. The zero-order chi connectivity index (χ0) is 8.81. The summed E-state index contributed by atoms with van der Waals surface area (Å²) in [4.78, 5) is 4.07. The van der Waals surface area contributed by atoms with Crippen molar-refractivity contribution < 1.29 is 0 Å². The van der Waals surface area contributed by atoms with Gasteiger partial charge in [-0.1, -0.05) is 25.1 Å². The van der Waals surface area contributed by atoms with E-state index in [4.69, 9.17) is 0 Å². The van der Waals surface area contributed by atoms with E-state index in [1.165, 1.54) is 5.56 Å². The fourth-order valence-electron chi connectivity index (χ4n) is 1.29. The summed E-state index contributed by atoms with van der Waals surface area (Å²) in [6.45, 7) is 4.27. The molecule has 0 spiro atoms. The SMILES string of the molecule is C/C=C\C(C)Cc1cccnc1. The standard InChI is InChI=1S/C11H15N/c1-3-5-10(2)8-11-6-4-7-12-9-11/h3-7,9-10H,8H2,1-2H3/b5-3-. The smallest absolute Gasteiger partial charge is 0.0300 e. The Kier molecular flexibility index (Phi) is 3.52. The lowest BCUT2D eigenvalue weighted by molar-refractivity contribution is 0.720. The van der Waals surface area contributed by atoms with E-state index in [9.17, 15) is 0 Å². The summed E-state index contributed by atoms with van der Waals surface area (Å²) < 4.78 is 0. The molecule has 0 saturated carbocycles. The number of rotatable bonds is 3. The van der Waals surface area contributed by atoms with Gasteiger partial charge in [0.2, 0.25) is 0 Å². The first-order chi connectivity index (χ1) is 5.83. The van der Waals surface area contributed by atoms with Crippen molar-refractivity contribution in [2.24, 2.45) is 5.92 Å². The van der Waals surface area contributed by atoms with Crippen LogP contribution in [0.15, 0.2) is 36.7 Å². The van der Waals surface area contributed by atoms with E-state index in [-0.39, 0.29) is 0 Å². The zero-order valence-electron chi connectivity index (χ0n) is 7.70. The van der Waals surface area contributed by atoms with Crippen molar-refractivity contribution in [2.45, 2.75) is 20.3 Å². The molecule has 0 aliphatic heterocycles. The molecule has 12 heavy (non-hydrogen) atoms. The van der Waals surface area contributed by atoms with Gasteiger partial charge in [-0.05, 0) is 30.9 Å². The van der Waals surface area contributed by atoms with Gasteiger partial charge >= 0.3 is 0 Å². The largest absolute Gasteiger partial charge is 0.264 e. The average Bonchev–Trinajstić information content (AvgIpc) is 2.06. The van der Waals surface area contributed by atoms with Crippen molar-refractivity contribution in [1.82, 2.24) is 4.98 Å². The van der Waals surface area contributed by atoms with Crippen LogP contribution < -0.4 is 0 Å². The molecule has 0 aliphatic rings. The summed E-state index contributed by atoms with van der Waals surface area (Å²) in [7, 11) is 0. The van der Waals surface area contributed by atoms with Crippen LogP contribution in [0.4, 0.5) is 0 Å². The van der Waals surface area contributed by atoms with Gasteiger partial charge in [-0.2, -0.15) is 0 Å². The Bertz CT molecular complexity index is 238. The van der Waals surface area contributed by atoms with E-state index in [0.29, 0.717) is 5.92 Å². The average molecular weight is 161 g/mol. The minimum absolute atomic E-state index is 0.610. The lowest BCUT2D eigenvalue weighted by Crippen LogP contribution is -1.95. The molecule has 1 nitrogen and oxygen atoms in total. The van der Waals surface area contributed by atoms with Gasteiger partial charge in [-0.25, -0.2) is 0 Å². The number of allylic oxidation sites excluding steroid dienone is 2. The van der Waals surface area contributed by atoms with E-state index in [0.717, 1.165) is 6.42 Å². The van der Waals surface area contributed by atoms with Crippen molar-refractivity contribution >= 4 is 0 Å². The number of hydrogen-bond donors (Lipinski definition) is 0. The molecule has 1 heterocycles. The van der Waals surface area contributed by atoms with Crippen LogP contribution in [-0.4, -0.2) is 4.98 Å². The highest BCUT2D eigenvalue weighted by Gasteiger charge is 1.97. The predicted molar refractivity (Wildman–Crippen MR) is 51.9 cm³/mol. The maximum absolute atomic E-state index is 4.07. The van der Waals surface area contributed by atoms with Gasteiger partial charge in [0.15, 0.2) is 0 Å². The zero-order valence-corrected chi connectivity index (χ0v) is 7.70.